The zero-order valence-electron chi connectivity index (χ0n) is 18.2. The van der Waals surface area contributed by atoms with Gasteiger partial charge in [0.1, 0.15) is 5.82 Å². The molecule has 0 aliphatic heterocycles. The highest BCUT2D eigenvalue weighted by molar-refractivity contribution is 14.1. The molecule has 0 saturated heterocycles. The quantitative estimate of drug-likeness (QED) is 0.153. The van der Waals surface area contributed by atoms with Crippen LogP contribution < -0.4 is 15.0 Å². The molecule has 0 unspecified atom stereocenters. The summed E-state index contributed by atoms with van der Waals surface area (Å²) in [6.07, 6.45) is 2.40. The van der Waals surface area contributed by atoms with Gasteiger partial charge in [-0.15, -0.1) is 0 Å². The number of esters is 1. The molecule has 3 aromatic rings. The van der Waals surface area contributed by atoms with E-state index in [0.717, 1.165) is 10.9 Å². The standard InChI is InChI=1S/C23H23BrIN3O4/c1-5-13(3)22-27-19-8-7-16(24)11-17(19)23(30)28(22)26-12-15-9-18(25)21(32-14(4)29)20(10-15)31-6-2/h7-13H,5-6H2,1-4H3/t13-/m0/s1. The molecule has 9 heteroatoms. The summed E-state index contributed by atoms with van der Waals surface area (Å²) in [6.45, 7) is 7.66. The minimum absolute atomic E-state index is 0.0401. The van der Waals surface area contributed by atoms with E-state index in [4.69, 9.17) is 14.5 Å². The Morgan fingerprint density at radius 3 is 2.72 bits per heavy atom. The molecule has 7 nitrogen and oxygen atoms in total. The highest BCUT2D eigenvalue weighted by Gasteiger charge is 2.17. The molecular weight excluding hydrogens is 589 g/mol. The Morgan fingerprint density at radius 1 is 1.31 bits per heavy atom. The zero-order chi connectivity index (χ0) is 23.4. The first kappa shape index (κ1) is 24.4. The second-order valence-electron chi connectivity index (χ2n) is 7.16. The highest BCUT2D eigenvalue weighted by atomic mass is 127. The van der Waals surface area contributed by atoms with Crippen LogP contribution >= 0.6 is 38.5 Å². The van der Waals surface area contributed by atoms with Crippen molar-refractivity contribution in [1.82, 2.24) is 9.66 Å². The molecule has 0 fully saturated rings. The number of rotatable bonds is 7. The smallest absolute Gasteiger partial charge is 0.308 e. The van der Waals surface area contributed by atoms with E-state index in [9.17, 15) is 9.59 Å². The van der Waals surface area contributed by atoms with Crippen LogP contribution in [0.1, 0.15) is 51.4 Å². The Morgan fingerprint density at radius 2 is 2.06 bits per heavy atom. The van der Waals surface area contributed by atoms with Crippen LogP contribution in [0.15, 0.2) is 44.7 Å². The molecule has 0 N–H and O–H groups in total. The molecule has 168 valence electrons. The van der Waals surface area contributed by atoms with E-state index >= 15 is 0 Å². The Balaban J connectivity index is 2.14. The minimum Gasteiger partial charge on any atom is -0.490 e. The number of halogens is 2. The van der Waals surface area contributed by atoms with Gasteiger partial charge in [-0.1, -0.05) is 29.8 Å². The molecule has 0 amide bonds. The maximum absolute atomic E-state index is 13.3. The maximum Gasteiger partial charge on any atom is 0.308 e. The number of hydrogen-bond acceptors (Lipinski definition) is 6. The number of carbonyl (C=O) groups excluding carboxylic acids is 1. The monoisotopic (exact) mass is 611 g/mol. The first-order valence-electron chi connectivity index (χ1n) is 10.2. The molecule has 0 aliphatic carbocycles. The van der Waals surface area contributed by atoms with Crippen molar-refractivity contribution in [1.29, 1.82) is 0 Å². The molecule has 1 atom stereocenters. The summed E-state index contributed by atoms with van der Waals surface area (Å²) in [5.41, 5.74) is 1.10. The second kappa shape index (κ2) is 10.6. The summed E-state index contributed by atoms with van der Waals surface area (Å²) in [5, 5.41) is 4.98. The number of carbonyl (C=O) groups is 1. The molecule has 2 aromatic carbocycles. The largest absolute Gasteiger partial charge is 0.490 e. The van der Waals surface area contributed by atoms with Gasteiger partial charge in [0.05, 0.1) is 27.3 Å². The lowest BCUT2D eigenvalue weighted by Crippen LogP contribution is -2.23. The van der Waals surface area contributed by atoms with Crippen molar-refractivity contribution < 1.29 is 14.3 Å². The van der Waals surface area contributed by atoms with Crippen LogP contribution in [0.5, 0.6) is 11.5 Å². The highest BCUT2D eigenvalue weighted by Crippen LogP contribution is 2.34. The number of aromatic nitrogens is 2. The average molecular weight is 612 g/mol. The summed E-state index contributed by atoms with van der Waals surface area (Å²) in [6, 6.07) is 8.98. The van der Waals surface area contributed by atoms with Crippen LogP contribution in [0.25, 0.3) is 10.9 Å². The van der Waals surface area contributed by atoms with Gasteiger partial charge in [-0.3, -0.25) is 9.59 Å². The molecular formula is C23H23BrIN3O4. The van der Waals surface area contributed by atoms with Crippen LogP contribution in [-0.4, -0.2) is 28.5 Å². The van der Waals surface area contributed by atoms with Gasteiger partial charge in [0, 0.05) is 17.3 Å². The van der Waals surface area contributed by atoms with Gasteiger partial charge in [-0.05, 0) is 71.8 Å². The fourth-order valence-corrected chi connectivity index (χ4v) is 4.17. The molecule has 32 heavy (non-hydrogen) atoms. The van der Waals surface area contributed by atoms with Crippen molar-refractivity contribution >= 4 is 61.6 Å². The van der Waals surface area contributed by atoms with E-state index in [1.54, 1.807) is 18.3 Å². The second-order valence-corrected chi connectivity index (χ2v) is 9.24. The van der Waals surface area contributed by atoms with Gasteiger partial charge in [-0.2, -0.15) is 9.78 Å². The number of fused-ring (bicyclic) bond motifs is 1. The molecule has 1 aromatic heterocycles. The Hall–Kier alpha value is -2.27. The maximum atomic E-state index is 13.3. The zero-order valence-corrected chi connectivity index (χ0v) is 21.9. The number of benzene rings is 2. The van der Waals surface area contributed by atoms with Crippen molar-refractivity contribution in [3.8, 4) is 11.5 Å². The summed E-state index contributed by atoms with van der Waals surface area (Å²) < 4.78 is 13.8. The molecule has 0 aliphatic rings. The van der Waals surface area contributed by atoms with E-state index < -0.39 is 5.97 Å². The fourth-order valence-electron chi connectivity index (χ4n) is 3.07. The summed E-state index contributed by atoms with van der Waals surface area (Å²) >= 11 is 5.50. The van der Waals surface area contributed by atoms with Gasteiger partial charge in [0.25, 0.3) is 5.56 Å². The summed E-state index contributed by atoms with van der Waals surface area (Å²) in [5.74, 6) is 1.01. The third-order valence-corrected chi connectivity index (χ3v) is 6.08. The third-order valence-electron chi connectivity index (χ3n) is 4.79. The molecule has 3 rings (SSSR count). The first-order chi connectivity index (χ1) is 15.2. The molecule has 1 heterocycles. The topological polar surface area (TPSA) is 82.8 Å². The lowest BCUT2D eigenvalue weighted by Gasteiger charge is -2.14. The van der Waals surface area contributed by atoms with Crippen LogP contribution in [0.3, 0.4) is 0 Å². The minimum atomic E-state index is -0.427. The van der Waals surface area contributed by atoms with Crippen molar-refractivity contribution in [2.75, 3.05) is 6.61 Å². The van der Waals surface area contributed by atoms with Crippen LogP contribution in [0.2, 0.25) is 0 Å². The number of hydrogen-bond donors (Lipinski definition) is 0. The predicted octanol–water partition coefficient (Wildman–Crippen LogP) is 5.48. The summed E-state index contributed by atoms with van der Waals surface area (Å²) in [4.78, 5) is 29.4. The van der Waals surface area contributed by atoms with Crippen molar-refractivity contribution in [3.63, 3.8) is 0 Å². The van der Waals surface area contributed by atoms with Gasteiger partial charge >= 0.3 is 5.97 Å². The molecule has 0 saturated carbocycles. The Kier molecular flexibility index (Phi) is 8.05. The number of nitrogens with zero attached hydrogens (tertiary/aromatic N) is 3. The van der Waals surface area contributed by atoms with Crippen LogP contribution in [0.4, 0.5) is 0 Å². The van der Waals surface area contributed by atoms with Crippen LogP contribution in [-0.2, 0) is 4.79 Å². The lowest BCUT2D eigenvalue weighted by molar-refractivity contribution is -0.132. The van der Waals surface area contributed by atoms with Gasteiger partial charge in [0.2, 0.25) is 0 Å². The predicted molar refractivity (Wildman–Crippen MR) is 137 cm³/mol. The Bertz CT molecular complexity index is 1260. The molecule has 0 radical (unpaired) electrons. The fraction of sp³-hybridized carbons (Fsp3) is 0.304. The van der Waals surface area contributed by atoms with E-state index in [-0.39, 0.29) is 11.5 Å². The van der Waals surface area contributed by atoms with E-state index in [1.165, 1.54) is 11.6 Å². The normalized spacial score (nSPS) is 12.3. The van der Waals surface area contributed by atoms with Crippen molar-refractivity contribution in [2.45, 2.75) is 40.0 Å². The van der Waals surface area contributed by atoms with E-state index in [0.29, 0.717) is 44.0 Å². The van der Waals surface area contributed by atoms with Crippen LogP contribution in [0, 0.1) is 3.57 Å². The Labute approximate surface area is 208 Å². The average Bonchev–Trinajstić information content (AvgIpc) is 2.75. The third kappa shape index (κ3) is 5.37. The van der Waals surface area contributed by atoms with Crippen molar-refractivity contribution in [2.24, 2.45) is 5.10 Å². The van der Waals surface area contributed by atoms with E-state index in [2.05, 4.69) is 43.6 Å². The summed E-state index contributed by atoms with van der Waals surface area (Å²) in [7, 11) is 0. The van der Waals surface area contributed by atoms with E-state index in [1.807, 2.05) is 39.0 Å². The van der Waals surface area contributed by atoms with Crippen molar-refractivity contribution in [3.05, 3.63) is 60.1 Å². The SMILES string of the molecule is CCOc1cc(C=Nn2c([C@@H](C)CC)nc3ccc(Br)cc3c2=O)cc(I)c1OC(C)=O. The molecule has 0 bridgehead atoms. The van der Waals surface area contributed by atoms with Gasteiger partial charge < -0.3 is 9.47 Å². The van der Waals surface area contributed by atoms with Gasteiger partial charge in [-0.25, -0.2) is 4.98 Å². The number of ether oxygens (including phenoxy) is 2. The lowest BCUT2D eigenvalue weighted by atomic mass is 10.1. The van der Waals surface area contributed by atoms with Gasteiger partial charge in [0.15, 0.2) is 11.5 Å². The molecule has 0 spiro atoms. The first-order valence-corrected chi connectivity index (χ1v) is 12.0.